The van der Waals surface area contributed by atoms with Gasteiger partial charge in [-0.15, -0.1) is 0 Å². The number of benzene rings is 2. The van der Waals surface area contributed by atoms with Crippen LogP contribution >= 0.6 is 0 Å². The molecule has 0 amide bonds. The van der Waals surface area contributed by atoms with Crippen molar-refractivity contribution in [3.8, 4) is 0 Å². The lowest BCUT2D eigenvalue weighted by atomic mass is 10.0. The van der Waals surface area contributed by atoms with Crippen LogP contribution in [0.15, 0.2) is 60.7 Å². The molecule has 0 saturated heterocycles. The summed E-state index contributed by atoms with van der Waals surface area (Å²) in [6.45, 7) is 0. The van der Waals surface area contributed by atoms with Crippen LogP contribution in [-0.2, 0) is 9.53 Å². The van der Waals surface area contributed by atoms with Gasteiger partial charge < -0.3 is 4.74 Å². The zero-order chi connectivity index (χ0) is 13.2. The summed E-state index contributed by atoms with van der Waals surface area (Å²) in [4.78, 5) is 11.9. The van der Waals surface area contributed by atoms with Crippen molar-refractivity contribution in [1.29, 1.82) is 0 Å². The van der Waals surface area contributed by atoms with Crippen LogP contribution in [0.3, 0.4) is 0 Å². The number of methoxy groups -OCH3 is 1. The molecule has 19 heavy (non-hydrogen) atoms. The molecule has 1 aliphatic rings. The number of rotatable bonds is 3. The van der Waals surface area contributed by atoms with Crippen LogP contribution in [0.4, 0.5) is 0 Å². The molecule has 3 rings (SSSR count). The first-order valence-corrected chi connectivity index (χ1v) is 6.50. The molecule has 0 spiro atoms. The zero-order valence-corrected chi connectivity index (χ0v) is 10.8. The smallest absolute Gasteiger partial charge is 0.309 e. The molecule has 96 valence electrons. The molecule has 0 bridgehead atoms. The molecule has 2 nitrogen and oxygen atoms in total. The lowest BCUT2D eigenvalue weighted by Crippen LogP contribution is -2.05. The third-order valence-electron chi connectivity index (χ3n) is 3.86. The fourth-order valence-electron chi connectivity index (χ4n) is 2.92. The van der Waals surface area contributed by atoms with Gasteiger partial charge in [-0.25, -0.2) is 0 Å². The number of carbonyl (C=O) groups is 1. The Morgan fingerprint density at radius 1 is 0.842 bits per heavy atom. The highest BCUT2D eigenvalue weighted by atomic mass is 16.5. The first kappa shape index (κ1) is 12.0. The Kier molecular flexibility index (Phi) is 3.08. The van der Waals surface area contributed by atoms with Crippen molar-refractivity contribution >= 4 is 5.97 Å². The van der Waals surface area contributed by atoms with Crippen molar-refractivity contribution in [3.63, 3.8) is 0 Å². The number of ether oxygens (including phenoxy) is 1. The molecule has 0 aromatic heterocycles. The third-order valence-corrected chi connectivity index (χ3v) is 3.86. The molecule has 0 heterocycles. The Bertz CT molecular complexity index is 517. The summed E-state index contributed by atoms with van der Waals surface area (Å²) in [6, 6.07) is 20.4. The second-order valence-corrected chi connectivity index (χ2v) is 4.92. The second-order valence-electron chi connectivity index (χ2n) is 4.92. The summed E-state index contributed by atoms with van der Waals surface area (Å²) in [6.07, 6.45) is 0. The van der Waals surface area contributed by atoms with Crippen molar-refractivity contribution in [2.45, 2.75) is 11.8 Å². The number of esters is 1. The van der Waals surface area contributed by atoms with Crippen LogP contribution in [0.2, 0.25) is 0 Å². The van der Waals surface area contributed by atoms with Gasteiger partial charge >= 0.3 is 5.97 Å². The lowest BCUT2D eigenvalue weighted by Gasteiger charge is -1.99. The predicted molar refractivity (Wildman–Crippen MR) is 73.9 cm³/mol. The van der Waals surface area contributed by atoms with Crippen molar-refractivity contribution in [2.75, 3.05) is 7.11 Å². The van der Waals surface area contributed by atoms with Crippen LogP contribution in [0, 0.1) is 5.92 Å². The fraction of sp³-hybridized carbons (Fsp3) is 0.235. The molecule has 1 saturated carbocycles. The molecule has 0 unspecified atom stereocenters. The molecule has 2 atom stereocenters. The van der Waals surface area contributed by atoms with Crippen LogP contribution < -0.4 is 0 Å². The summed E-state index contributed by atoms with van der Waals surface area (Å²) in [7, 11) is 1.46. The van der Waals surface area contributed by atoms with E-state index in [0.29, 0.717) is 0 Å². The zero-order valence-electron chi connectivity index (χ0n) is 10.8. The molecule has 0 aliphatic heterocycles. The molecule has 2 aromatic rings. The van der Waals surface area contributed by atoms with Gasteiger partial charge in [0.25, 0.3) is 0 Å². The summed E-state index contributed by atoms with van der Waals surface area (Å²) >= 11 is 0. The maximum Gasteiger partial charge on any atom is 0.309 e. The van der Waals surface area contributed by atoms with Gasteiger partial charge in [0, 0.05) is 11.8 Å². The topological polar surface area (TPSA) is 26.3 Å². The second kappa shape index (κ2) is 4.88. The molecule has 1 fully saturated rings. The van der Waals surface area contributed by atoms with Crippen molar-refractivity contribution in [2.24, 2.45) is 5.92 Å². The SMILES string of the molecule is COC(=O)C1[C@H](c2ccccc2)[C@H]1c1ccccc1. The van der Waals surface area contributed by atoms with Crippen LogP contribution in [-0.4, -0.2) is 13.1 Å². The minimum Gasteiger partial charge on any atom is -0.469 e. The average molecular weight is 252 g/mol. The average Bonchev–Trinajstić information content (AvgIpc) is 3.24. The predicted octanol–water partition coefficient (Wildman–Crippen LogP) is 3.36. The van der Waals surface area contributed by atoms with E-state index in [4.69, 9.17) is 4.74 Å². The highest BCUT2D eigenvalue weighted by Gasteiger charge is 2.56. The molecular formula is C17H16O2. The van der Waals surface area contributed by atoms with Gasteiger partial charge in [-0.05, 0) is 11.1 Å². The quantitative estimate of drug-likeness (QED) is 0.783. The highest BCUT2D eigenvalue weighted by molar-refractivity contribution is 5.80. The van der Waals surface area contributed by atoms with E-state index in [-0.39, 0.29) is 23.7 Å². The molecule has 0 radical (unpaired) electrons. The molecule has 2 heteroatoms. The Labute approximate surface area is 113 Å². The number of carbonyl (C=O) groups excluding carboxylic acids is 1. The Balaban J connectivity index is 1.93. The minimum absolute atomic E-state index is 0.0465. The summed E-state index contributed by atoms with van der Waals surface area (Å²) in [5.41, 5.74) is 2.43. The van der Waals surface area contributed by atoms with E-state index in [1.165, 1.54) is 18.2 Å². The first-order valence-electron chi connectivity index (χ1n) is 6.50. The maximum absolute atomic E-state index is 11.9. The van der Waals surface area contributed by atoms with E-state index in [1.54, 1.807) is 0 Å². The lowest BCUT2D eigenvalue weighted by molar-refractivity contribution is -0.142. The Morgan fingerprint density at radius 2 is 1.26 bits per heavy atom. The standard InChI is InChI=1S/C17H16O2/c1-19-17(18)16-14(12-8-4-2-5-9-12)15(16)13-10-6-3-7-11-13/h2-11,14-16H,1H3/t14-,15-/m1/s1. The Morgan fingerprint density at radius 3 is 1.63 bits per heavy atom. The highest BCUT2D eigenvalue weighted by Crippen LogP contribution is 2.60. The van der Waals surface area contributed by atoms with Gasteiger partial charge in [0.15, 0.2) is 0 Å². The first-order chi connectivity index (χ1) is 9.33. The van der Waals surface area contributed by atoms with E-state index in [9.17, 15) is 4.79 Å². The van der Waals surface area contributed by atoms with E-state index in [0.717, 1.165) is 0 Å². The maximum atomic E-state index is 11.9. The van der Waals surface area contributed by atoms with Gasteiger partial charge in [-0.1, -0.05) is 60.7 Å². The van der Waals surface area contributed by atoms with E-state index >= 15 is 0 Å². The fourth-order valence-corrected chi connectivity index (χ4v) is 2.92. The largest absolute Gasteiger partial charge is 0.469 e. The molecule has 2 aromatic carbocycles. The van der Waals surface area contributed by atoms with E-state index < -0.39 is 0 Å². The number of hydrogen-bond acceptors (Lipinski definition) is 2. The third kappa shape index (κ3) is 2.14. The van der Waals surface area contributed by atoms with Gasteiger partial charge in [0.1, 0.15) is 0 Å². The van der Waals surface area contributed by atoms with Crippen LogP contribution in [0.1, 0.15) is 23.0 Å². The minimum atomic E-state index is -0.109. The van der Waals surface area contributed by atoms with Crippen molar-refractivity contribution in [1.82, 2.24) is 0 Å². The summed E-state index contributed by atoms with van der Waals surface area (Å²) in [5, 5.41) is 0. The molecule has 0 N–H and O–H groups in total. The summed E-state index contributed by atoms with van der Waals surface area (Å²) in [5.74, 6) is 0.338. The van der Waals surface area contributed by atoms with Crippen molar-refractivity contribution < 1.29 is 9.53 Å². The normalized spacial score (nSPS) is 24.8. The summed E-state index contributed by atoms with van der Waals surface area (Å²) < 4.78 is 4.94. The Hall–Kier alpha value is -2.09. The molecule has 1 aliphatic carbocycles. The number of hydrogen-bond donors (Lipinski definition) is 0. The van der Waals surface area contributed by atoms with E-state index in [1.807, 2.05) is 36.4 Å². The van der Waals surface area contributed by atoms with Gasteiger partial charge in [-0.2, -0.15) is 0 Å². The monoisotopic (exact) mass is 252 g/mol. The van der Waals surface area contributed by atoms with Crippen LogP contribution in [0.5, 0.6) is 0 Å². The van der Waals surface area contributed by atoms with Crippen LogP contribution in [0.25, 0.3) is 0 Å². The van der Waals surface area contributed by atoms with Crippen molar-refractivity contribution in [3.05, 3.63) is 71.8 Å². The van der Waals surface area contributed by atoms with Gasteiger partial charge in [-0.3, -0.25) is 4.79 Å². The van der Waals surface area contributed by atoms with Gasteiger partial charge in [0.05, 0.1) is 13.0 Å². The van der Waals surface area contributed by atoms with E-state index in [2.05, 4.69) is 24.3 Å². The molecular weight excluding hydrogens is 236 g/mol. The van der Waals surface area contributed by atoms with Gasteiger partial charge in [0.2, 0.25) is 0 Å².